The van der Waals surface area contributed by atoms with Crippen LogP contribution in [0.3, 0.4) is 0 Å². The maximum absolute atomic E-state index is 6.88. The Morgan fingerprint density at radius 1 is 0.199 bits per heavy atom. The third kappa shape index (κ3) is 66.8. The highest BCUT2D eigenvalue weighted by atomic mass is 16.6. The van der Waals surface area contributed by atoms with Gasteiger partial charge in [0, 0.05) is 58.5 Å². The zero-order valence-corrected chi connectivity index (χ0v) is 83.1. The molecule has 37 heteroatoms. The molecule has 37 nitrogen and oxygen atoms in total. The Hall–Kier alpha value is -3.98. The standard InChI is InChI=1S/C99H172O37/c1-88-9-11-90(12-10-88)91-13-14-92-93(85-91)99(94-83-89(2)84-95(98(92)94)134-18-8-17-104-24-26-108-32-34-112-40-42-116-48-50-120-56-57-123-61-59-121-53-51-117-45-43-113-37-35-109-29-27-105-21-19-101-4)86-96(135-81-79-132-77-75-130-73-71-128-69-67-126-65-63-124-58-55-119-49-47-115-41-39-111-33-31-107-25-23-103-16-7-6-15-100-3)97(87-99)136-82-80-133-78-76-131-74-72-129-70-68-127-66-64-125-62-60-122-54-52-118-46-44-114-38-36-110-30-28-106-22-20-102-5/h9-14,83-85,96-97H,6-8,15-82,86-87H2,1-5H3. The monoisotopic (exact) mass is 1950 g/mol. The zero-order valence-electron chi connectivity index (χ0n) is 83.1. The van der Waals surface area contributed by atoms with Crippen LogP contribution in [0.2, 0.25) is 0 Å². The zero-order chi connectivity index (χ0) is 96.0. The highest BCUT2D eigenvalue weighted by Crippen LogP contribution is 2.61. The summed E-state index contributed by atoms with van der Waals surface area (Å²) in [7, 11) is 5.00. The molecule has 0 radical (unpaired) electrons. The van der Waals surface area contributed by atoms with Gasteiger partial charge in [0.2, 0.25) is 0 Å². The molecule has 0 saturated heterocycles. The number of unbranched alkanes of at least 4 members (excludes halogenated alkanes) is 1. The summed E-state index contributed by atoms with van der Waals surface area (Å²) < 4.78 is 210. The Kier molecular flexibility index (Phi) is 84.1. The molecule has 136 heavy (non-hydrogen) atoms. The lowest BCUT2D eigenvalue weighted by atomic mass is 9.75. The van der Waals surface area contributed by atoms with Crippen LogP contribution in [0.5, 0.6) is 5.75 Å². The molecule has 0 heterocycles. The van der Waals surface area contributed by atoms with E-state index >= 15 is 0 Å². The van der Waals surface area contributed by atoms with Crippen LogP contribution in [0.25, 0.3) is 22.3 Å². The minimum absolute atomic E-state index is 0.273. The lowest BCUT2D eigenvalue weighted by Crippen LogP contribution is -2.29. The van der Waals surface area contributed by atoms with Gasteiger partial charge in [-0.3, -0.25) is 0 Å². The molecule has 2 aliphatic carbocycles. The van der Waals surface area contributed by atoms with E-state index < -0.39 is 5.41 Å². The van der Waals surface area contributed by atoms with Gasteiger partial charge in [0.25, 0.3) is 0 Å². The van der Waals surface area contributed by atoms with Gasteiger partial charge in [-0.25, -0.2) is 0 Å². The first-order valence-corrected chi connectivity index (χ1v) is 49.1. The number of aryl methyl sites for hydroxylation is 2. The van der Waals surface area contributed by atoms with Crippen molar-refractivity contribution >= 4 is 0 Å². The van der Waals surface area contributed by atoms with Crippen molar-refractivity contribution in [3.8, 4) is 28.0 Å². The summed E-state index contributed by atoms with van der Waals surface area (Å²) in [4.78, 5) is 0. The van der Waals surface area contributed by atoms with Crippen molar-refractivity contribution in [2.75, 3.05) is 471 Å². The highest BCUT2D eigenvalue weighted by molar-refractivity contribution is 5.88. The van der Waals surface area contributed by atoms with Crippen molar-refractivity contribution in [3.63, 3.8) is 0 Å². The fourth-order valence-electron chi connectivity index (χ4n) is 13.6. The molecule has 1 saturated carbocycles. The molecular formula is C99H172O37. The van der Waals surface area contributed by atoms with Gasteiger partial charge in [-0.1, -0.05) is 48.0 Å². The van der Waals surface area contributed by atoms with Gasteiger partial charge in [0.05, 0.1) is 442 Å². The summed E-state index contributed by atoms with van der Waals surface area (Å²) in [5.41, 5.74) is 8.82. The number of methoxy groups -OCH3 is 3. The number of ether oxygens (including phenoxy) is 37. The molecule has 3 unspecified atom stereocenters. The number of benzene rings is 3. The highest BCUT2D eigenvalue weighted by Gasteiger charge is 2.54. The minimum Gasteiger partial charge on any atom is -0.493 e. The second-order valence-electron chi connectivity index (χ2n) is 31.0. The van der Waals surface area contributed by atoms with Crippen LogP contribution >= 0.6 is 0 Å². The molecule has 0 bridgehead atoms. The molecular weight excluding hydrogens is 1780 g/mol. The summed E-state index contributed by atoms with van der Waals surface area (Å²) in [6, 6.07) is 20.1. The van der Waals surface area contributed by atoms with E-state index in [2.05, 4.69) is 68.4 Å². The van der Waals surface area contributed by atoms with Crippen LogP contribution < -0.4 is 4.74 Å². The molecule has 2 aliphatic rings. The molecule has 3 aromatic carbocycles. The Labute approximate surface area is 810 Å². The van der Waals surface area contributed by atoms with E-state index in [1.165, 1.54) is 16.7 Å². The van der Waals surface area contributed by atoms with Crippen LogP contribution in [-0.4, -0.2) is 483 Å². The topological polar surface area (TPSA) is 342 Å². The Morgan fingerprint density at radius 2 is 0.419 bits per heavy atom. The normalized spacial score (nSPS) is 14.7. The van der Waals surface area contributed by atoms with Crippen LogP contribution in [0, 0.1) is 13.8 Å². The first-order valence-electron chi connectivity index (χ1n) is 49.1. The fraction of sp³-hybridized carbons (Fsp3) is 0.818. The number of hydrogen-bond acceptors (Lipinski definition) is 37. The SMILES string of the molecule is COCCCCOCCOCCOCCOCCOCCOCCOCCOCCOCCOCCOC1CC2(CC1OCCOCCOCCOCCOCCOCCOCCOCCOCCOCCOCCOC)c1cc(-c3ccc(C)cc3)ccc1-c1c(OCCCOCCOCCOCCOCCOCCOCCOCCOCCOCCOCCOCCOC)cc(C)cc12. The lowest BCUT2D eigenvalue weighted by Gasteiger charge is -2.28. The fourth-order valence-corrected chi connectivity index (χ4v) is 13.6. The maximum Gasteiger partial charge on any atom is 0.127 e. The quantitative estimate of drug-likeness (QED) is 0.0486. The van der Waals surface area contributed by atoms with Gasteiger partial charge in [-0.05, 0) is 85.0 Å². The molecule has 1 spiro atoms. The molecule has 3 aromatic rings. The predicted octanol–water partition coefficient (Wildman–Crippen LogP) is 7.80. The van der Waals surface area contributed by atoms with Gasteiger partial charge in [0.1, 0.15) is 5.75 Å². The Balaban J connectivity index is 0.948. The van der Waals surface area contributed by atoms with Gasteiger partial charge >= 0.3 is 0 Å². The first kappa shape index (κ1) is 122. The van der Waals surface area contributed by atoms with Crippen molar-refractivity contribution in [3.05, 3.63) is 76.9 Å². The van der Waals surface area contributed by atoms with Gasteiger partial charge in [0.15, 0.2) is 0 Å². The number of fused-ring (bicyclic) bond motifs is 5. The van der Waals surface area contributed by atoms with Crippen molar-refractivity contribution in [1.29, 1.82) is 0 Å². The second kappa shape index (κ2) is 93.4. The van der Waals surface area contributed by atoms with E-state index in [4.69, 9.17) is 175 Å². The lowest BCUT2D eigenvalue weighted by molar-refractivity contribution is -0.0838. The summed E-state index contributed by atoms with van der Waals surface area (Å²) in [5, 5.41) is 0. The molecule has 3 atom stereocenters. The van der Waals surface area contributed by atoms with Crippen LogP contribution in [0.15, 0.2) is 54.6 Å². The van der Waals surface area contributed by atoms with Crippen molar-refractivity contribution < 1.29 is 175 Å². The van der Waals surface area contributed by atoms with Crippen molar-refractivity contribution in [2.24, 2.45) is 0 Å². The van der Waals surface area contributed by atoms with E-state index in [1.54, 1.807) is 21.3 Å². The molecule has 0 aromatic heterocycles. The third-order valence-electron chi connectivity index (χ3n) is 20.4. The first-order chi connectivity index (χ1) is 67.5. The van der Waals surface area contributed by atoms with Crippen LogP contribution in [0.4, 0.5) is 0 Å². The second-order valence-corrected chi connectivity index (χ2v) is 31.0. The van der Waals surface area contributed by atoms with Gasteiger partial charge in [-0.2, -0.15) is 0 Å². The van der Waals surface area contributed by atoms with E-state index in [-0.39, 0.29) is 12.2 Å². The van der Waals surface area contributed by atoms with E-state index in [0.717, 1.165) is 59.6 Å². The van der Waals surface area contributed by atoms with Crippen molar-refractivity contribution in [2.45, 2.75) is 63.6 Å². The average Bonchev–Trinajstić information content (AvgIpc) is 1.54. The predicted molar refractivity (Wildman–Crippen MR) is 507 cm³/mol. The Bertz CT molecular complexity index is 3010. The minimum atomic E-state index is -0.465. The van der Waals surface area contributed by atoms with Gasteiger partial charge in [-0.15, -0.1) is 0 Å². The molecule has 5 rings (SSSR count). The molecule has 790 valence electrons. The van der Waals surface area contributed by atoms with Crippen molar-refractivity contribution in [1.82, 2.24) is 0 Å². The average molecular weight is 1950 g/mol. The summed E-state index contributed by atoms with van der Waals surface area (Å²) in [6.45, 7) is 37.2. The van der Waals surface area contributed by atoms with E-state index in [9.17, 15) is 0 Å². The molecule has 0 amide bonds. The third-order valence-corrected chi connectivity index (χ3v) is 20.4. The van der Waals surface area contributed by atoms with E-state index in [0.29, 0.717) is 455 Å². The summed E-state index contributed by atoms with van der Waals surface area (Å²) in [5.74, 6) is 0.845. The molecule has 0 aliphatic heterocycles. The molecule has 1 fully saturated rings. The Morgan fingerprint density at radius 3 is 0.676 bits per heavy atom. The summed E-state index contributed by atoms with van der Waals surface area (Å²) in [6.07, 6.45) is 3.49. The largest absolute Gasteiger partial charge is 0.493 e. The number of rotatable bonds is 109. The van der Waals surface area contributed by atoms with Crippen LogP contribution in [-0.2, 0) is 176 Å². The smallest absolute Gasteiger partial charge is 0.127 e. The van der Waals surface area contributed by atoms with Gasteiger partial charge < -0.3 is 175 Å². The molecule has 0 N–H and O–H groups in total. The number of hydrogen-bond donors (Lipinski definition) is 0. The van der Waals surface area contributed by atoms with Crippen LogP contribution in [0.1, 0.15) is 54.4 Å². The summed E-state index contributed by atoms with van der Waals surface area (Å²) >= 11 is 0. The van der Waals surface area contributed by atoms with E-state index in [1.807, 2.05) is 0 Å². The maximum atomic E-state index is 6.88.